The number of rotatable bonds is 5. The first-order chi connectivity index (χ1) is 6.76. The van der Waals surface area contributed by atoms with Crippen LogP contribution >= 0.6 is 0 Å². The van der Waals surface area contributed by atoms with Gasteiger partial charge in [0.2, 0.25) is 0 Å². The summed E-state index contributed by atoms with van der Waals surface area (Å²) in [5, 5.41) is 3.79. The molecule has 0 spiro atoms. The monoisotopic (exact) mass is 197 g/mol. The van der Waals surface area contributed by atoms with Crippen molar-refractivity contribution >= 4 is 0 Å². The van der Waals surface area contributed by atoms with Crippen LogP contribution in [0.15, 0.2) is 0 Å². The zero-order valence-electron chi connectivity index (χ0n) is 10.2. The van der Waals surface area contributed by atoms with Gasteiger partial charge >= 0.3 is 0 Å². The first kappa shape index (κ1) is 12.0. The van der Waals surface area contributed by atoms with E-state index < -0.39 is 0 Å². The molecule has 84 valence electrons. The van der Waals surface area contributed by atoms with Gasteiger partial charge in [-0.05, 0) is 31.6 Å². The van der Waals surface area contributed by atoms with E-state index in [9.17, 15) is 0 Å². The summed E-state index contributed by atoms with van der Waals surface area (Å²) in [6.45, 7) is 7.00. The summed E-state index contributed by atoms with van der Waals surface area (Å²) in [5.74, 6) is 0.938. The van der Waals surface area contributed by atoms with Gasteiger partial charge in [0.1, 0.15) is 0 Å². The largest absolute Gasteiger partial charge is 0.311 e. The second-order valence-electron chi connectivity index (χ2n) is 5.04. The van der Waals surface area contributed by atoms with Crippen molar-refractivity contribution in [3.63, 3.8) is 0 Å². The Labute approximate surface area is 89.7 Å². The van der Waals surface area contributed by atoms with Gasteiger partial charge in [-0.2, -0.15) is 0 Å². The van der Waals surface area contributed by atoms with E-state index in [-0.39, 0.29) is 0 Å². The number of hydrogen-bond acceptors (Lipinski definition) is 1. The lowest BCUT2D eigenvalue weighted by atomic mass is 9.86. The molecule has 0 aromatic carbocycles. The minimum absolute atomic E-state index is 0.797. The molecule has 1 N–H and O–H groups in total. The molecule has 14 heavy (non-hydrogen) atoms. The fraction of sp³-hybridized carbons (Fsp3) is 1.00. The Hall–Kier alpha value is -0.0400. The van der Waals surface area contributed by atoms with E-state index in [0.29, 0.717) is 0 Å². The number of nitrogens with one attached hydrogen (secondary N) is 1. The molecule has 1 fully saturated rings. The Morgan fingerprint density at radius 2 is 1.79 bits per heavy atom. The van der Waals surface area contributed by atoms with Crippen molar-refractivity contribution in [1.82, 2.24) is 5.32 Å². The van der Waals surface area contributed by atoms with E-state index in [1.165, 1.54) is 44.9 Å². The molecule has 0 bridgehead atoms. The minimum Gasteiger partial charge on any atom is -0.311 e. The van der Waals surface area contributed by atoms with Crippen LogP contribution in [0, 0.1) is 5.92 Å². The van der Waals surface area contributed by atoms with Crippen molar-refractivity contribution in [1.29, 1.82) is 0 Å². The predicted octanol–water partition coefficient (Wildman–Crippen LogP) is 3.73. The third-order valence-corrected chi connectivity index (χ3v) is 3.49. The van der Waals surface area contributed by atoms with Crippen molar-refractivity contribution in [3.8, 4) is 0 Å². The van der Waals surface area contributed by atoms with Crippen molar-refractivity contribution in [2.45, 2.75) is 77.8 Å². The number of piperidine rings is 1. The van der Waals surface area contributed by atoms with E-state index >= 15 is 0 Å². The Balaban J connectivity index is 2.23. The lowest BCUT2D eigenvalue weighted by Crippen LogP contribution is -2.44. The highest BCUT2D eigenvalue weighted by molar-refractivity contribution is 4.82. The molecule has 3 atom stereocenters. The average molecular weight is 197 g/mol. The Bertz CT molecular complexity index is 144. The molecule has 1 nitrogen and oxygen atoms in total. The summed E-state index contributed by atoms with van der Waals surface area (Å²) in [6.07, 6.45) is 9.66. The van der Waals surface area contributed by atoms with E-state index in [0.717, 1.165) is 18.0 Å². The maximum atomic E-state index is 3.79. The predicted molar refractivity (Wildman–Crippen MR) is 63.5 cm³/mol. The molecular formula is C13H27N. The van der Waals surface area contributed by atoms with E-state index in [2.05, 4.69) is 26.1 Å². The summed E-state index contributed by atoms with van der Waals surface area (Å²) in [5.41, 5.74) is 0. The summed E-state index contributed by atoms with van der Waals surface area (Å²) in [7, 11) is 0. The summed E-state index contributed by atoms with van der Waals surface area (Å²) >= 11 is 0. The fourth-order valence-electron chi connectivity index (χ4n) is 2.66. The van der Waals surface area contributed by atoms with Crippen molar-refractivity contribution < 1.29 is 0 Å². The van der Waals surface area contributed by atoms with Crippen LogP contribution in [-0.4, -0.2) is 12.1 Å². The normalized spacial score (nSPS) is 33.2. The van der Waals surface area contributed by atoms with Crippen LogP contribution in [0.1, 0.15) is 65.7 Å². The lowest BCUT2D eigenvalue weighted by molar-refractivity contribution is 0.238. The van der Waals surface area contributed by atoms with Gasteiger partial charge in [0.05, 0.1) is 0 Å². The summed E-state index contributed by atoms with van der Waals surface area (Å²) < 4.78 is 0. The Morgan fingerprint density at radius 3 is 2.43 bits per heavy atom. The van der Waals surface area contributed by atoms with Crippen LogP contribution < -0.4 is 5.32 Å². The average Bonchev–Trinajstić information content (AvgIpc) is 2.17. The zero-order chi connectivity index (χ0) is 10.4. The molecule has 0 aromatic heterocycles. The maximum Gasteiger partial charge on any atom is 0.00722 e. The van der Waals surface area contributed by atoms with Gasteiger partial charge < -0.3 is 5.32 Å². The highest BCUT2D eigenvalue weighted by Crippen LogP contribution is 2.23. The molecule has 1 heteroatoms. The van der Waals surface area contributed by atoms with Crippen LogP contribution in [0.4, 0.5) is 0 Å². The van der Waals surface area contributed by atoms with Crippen LogP contribution in [0.2, 0.25) is 0 Å². The van der Waals surface area contributed by atoms with Crippen molar-refractivity contribution in [2.75, 3.05) is 0 Å². The molecule has 0 aliphatic carbocycles. The van der Waals surface area contributed by atoms with Crippen LogP contribution in [0.25, 0.3) is 0 Å². The zero-order valence-corrected chi connectivity index (χ0v) is 10.2. The molecule has 0 aromatic rings. The molecule has 1 aliphatic heterocycles. The molecular weight excluding hydrogens is 170 g/mol. The van der Waals surface area contributed by atoms with Crippen LogP contribution in [0.3, 0.4) is 0 Å². The first-order valence-corrected chi connectivity index (χ1v) is 6.52. The highest BCUT2D eigenvalue weighted by Gasteiger charge is 2.23. The van der Waals surface area contributed by atoms with Crippen molar-refractivity contribution in [2.24, 2.45) is 5.92 Å². The molecule has 3 unspecified atom stereocenters. The molecule has 0 radical (unpaired) electrons. The third kappa shape index (κ3) is 4.00. The van der Waals surface area contributed by atoms with E-state index in [1.807, 2.05) is 0 Å². The molecule has 1 aliphatic rings. The van der Waals surface area contributed by atoms with Gasteiger partial charge in [-0.3, -0.25) is 0 Å². The van der Waals surface area contributed by atoms with Gasteiger partial charge in [0.25, 0.3) is 0 Å². The first-order valence-electron chi connectivity index (χ1n) is 6.52. The van der Waals surface area contributed by atoms with Gasteiger partial charge in [0.15, 0.2) is 0 Å². The molecule has 0 amide bonds. The number of unbranched alkanes of at least 4 members (excludes halogenated alkanes) is 2. The maximum absolute atomic E-state index is 3.79. The van der Waals surface area contributed by atoms with Gasteiger partial charge in [-0.1, -0.05) is 40.0 Å². The lowest BCUT2D eigenvalue weighted by Gasteiger charge is -2.34. The topological polar surface area (TPSA) is 12.0 Å². The quantitative estimate of drug-likeness (QED) is 0.662. The Morgan fingerprint density at radius 1 is 1.07 bits per heavy atom. The summed E-state index contributed by atoms with van der Waals surface area (Å²) in [4.78, 5) is 0. The second-order valence-corrected chi connectivity index (χ2v) is 5.04. The van der Waals surface area contributed by atoms with Gasteiger partial charge in [0, 0.05) is 12.1 Å². The standard InChI is InChI=1S/C13H27N/c1-4-6-7-8-13-10-11(3)9-12(5-2)14-13/h11-14H,4-10H2,1-3H3. The molecule has 1 saturated heterocycles. The SMILES string of the molecule is CCCCCC1CC(C)CC(CC)N1. The summed E-state index contributed by atoms with van der Waals surface area (Å²) in [6, 6.07) is 1.61. The van der Waals surface area contributed by atoms with E-state index in [4.69, 9.17) is 0 Å². The number of hydrogen-bond donors (Lipinski definition) is 1. The van der Waals surface area contributed by atoms with Gasteiger partial charge in [-0.25, -0.2) is 0 Å². The van der Waals surface area contributed by atoms with Crippen molar-refractivity contribution in [3.05, 3.63) is 0 Å². The molecule has 0 saturated carbocycles. The highest BCUT2D eigenvalue weighted by atomic mass is 15.0. The van der Waals surface area contributed by atoms with E-state index in [1.54, 1.807) is 0 Å². The minimum atomic E-state index is 0.797. The second kappa shape index (κ2) is 6.44. The van der Waals surface area contributed by atoms with Gasteiger partial charge in [-0.15, -0.1) is 0 Å². The van der Waals surface area contributed by atoms with Crippen LogP contribution in [-0.2, 0) is 0 Å². The third-order valence-electron chi connectivity index (χ3n) is 3.49. The Kier molecular flexibility index (Phi) is 5.54. The molecule has 1 heterocycles. The molecule has 1 rings (SSSR count). The smallest absolute Gasteiger partial charge is 0.00722 e. The fourth-order valence-corrected chi connectivity index (χ4v) is 2.66. The van der Waals surface area contributed by atoms with Crippen LogP contribution in [0.5, 0.6) is 0 Å².